The average Bonchev–Trinajstić information content (AvgIpc) is 2.14. The number of carboxylic acids is 1. The van der Waals surface area contributed by atoms with Crippen LogP contribution in [0.1, 0.15) is 18.3 Å². The van der Waals surface area contributed by atoms with Crippen LogP contribution >= 0.6 is 0 Å². The Morgan fingerprint density at radius 3 is 2.83 bits per heavy atom. The maximum atomic E-state index is 10.5. The zero-order valence-corrected chi connectivity index (χ0v) is 6.24. The van der Waals surface area contributed by atoms with Crippen molar-refractivity contribution in [3.63, 3.8) is 0 Å². The molecule has 0 aromatic carbocycles. The van der Waals surface area contributed by atoms with Gasteiger partial charge >= 0.3 is 5.97 Å². The molecular formula is C6H14N4O2. The highest BCUT2D eigenvalue weighted by molar-refractivity contribution is 5.74. The van der Waals surface area contributed by atoms with Crippen LogP contribution in [0.15, 0.2) is 0 Å². The van der Waals surface area contributed by atoms with Gasteiger partial charge in [0.15, 0.2) is 5.96 Å². The van der Waals surface area contributed by atoms with Crippen molar-refractivity contribution in [2.24, 2.45) is 11.5 Å². The Kier molecular flexibility index (Phi) is 2.40. The third-order valence-electron chi connectivity index (χ3n) is 0.872. The van der Waals surface area contributed by atoms with E-state index in [0.29, 0.717) is 0 Å². The van der Waals surface area contributed by atoms with Crippen molar-refractivity contribution in [3.05, 3.63) is 0 Å². The molecular weight excluding hydrogens is 166 g/mol. The van der Waals surface area contributed by atoms with Crippen molar-refractivity contribution in [2.75, 3.05) is 6.52 Å². The lowest BCUT2D eigenvalue weighted by atomic mass is 10.8. The summed E-state index contributed by atoms with van der Waals surface area (Å²) in [5.74, 6) is -2.17. The molecule has 0 rings (SSSR count). The van der Waals surface area contributed by atoms with E-state index in [0.717, 1.165) is 0 Å². The quantitative estimate of drug-likeness (QED) is 0.156. The SMILES string of the molecule is [2H][13C@@H]([15NH][12C](=[14NH])[14NH2])[12C]([2H])([2H])[13C@@H]([2H])[13C@H]([15NH2])[13C](=O)O. The van der Waals surface area contributed by atoms with Crippen molar-refractivity contribution in [3.8, 4) is 0 Å². The van der Waals surface area contributed by atoms with Crippen LogP contribution in [0.25, 0.3) is 0 Å². The molecule has 0 aromatic rings. The zero-order valence-electron chi connectivity index (χ0n) is 10.2. The van der Waals surface area contributed by atoms with Gasteiger partial charge in [-0.25, -0.2) is 0 Å². The lowest BCUT2D eigenvalue weighted by Gasteiger charge is -2.06. The Labute approximate surface area is 76.1 Å². The van der Waals surface area contributed by atoms with Gasteiger partial charge in [0.25, 0.3) is 0 Å². The largest absolute Gasteiger partial charge is 0.480 e. The Hall–Kier alpha value is -1.30. The summed E-state index contributed by atoms with van der Waals surface area (Å²) in [6, 6.07) is -1.75. The molecule has 0 spiro atoms. The molecule has 3 atom stereocenters. The van der Waals surface area contributed by atoms with Crippen LogP contribution in [0, 0.1) is 5.41 Å². The Balaban J connectivity index is 4.75. The number of rotatable bonds is 5. The molecule has 0 aliphatic carbocycles. The second-order valence-electron chi connectivity index (χ2n) is 1.90. The first-order valence-electron chi connectivity index (χ1n) is 5.19. The van der Waals surface area contributed by atoms with Crippen LogP contribution in [0.5, 0.6) is 0 Å². The van der Waals surface area contributed by atoms with Crippen molar-refractivity contribution in [1.82, 2.24) is 5.32 Å². The van der Waals surface area contributed by atoms with Crippen molar-refractivity contribution >= 4 is 11.9 Å². The fourth-order valence-corrected chi connectivity index (χ4v) is 0.342. The first kappa shape index (κ1) is 5.36. The molecule has 0 unspecified atom stereocenters. The highest BCUT2D eigenvalue weighted by Gasteiger charge is 2.09. The highest BCUT2D eigenvalue weighted by Crippen LogP contribution is 1.92. The summed E-state index contributed by atoms with van der Waals surface area (Å²) in [4.78, 5) is 10.5. The van der Waals surface area contributed by atoms with Gasteiger partial charge in [-0.2, -0.15) is 0 Å². The molecule has 0 saturated heterocycles. The molecule has 0 fully saturated rings. The smallest absolute Gasteiger partial charge is 0.320 e. The van der Waals surface area contributed by atoms with Gasteiger partial charge in [0, 0.05) is 12.0 Å². The van der Waals surface area contributed by atoms with Gasteiger partial charge in [0.05, 0.1) is 0 Å². The number of carbonyl (C=O) groups is 1. The second-order valence-corrected chi connectivity index (χ2v) is 1.90. The molecule has 0 radical (unpaired) electrons. The number of guanidine groups is 1. The van der Waals surface area contributed by atoms with Crippen LogP contribution in [0.2, 0.25) is 0 Å². The maximum Gasteiger partial charge on any atom is 0.320 e. The lowest BCUT2D eigenvalue weighted by Crippen LogP contribution is -2.34. The molecule has 0 aliphatic heterocycles. The van der Waals surface area contributed by atoms with Gasteiger partial charge < -0.3 is 21.9 Å². The molecule has 0 aliphatic rings. The Bertz CT molecular complexity index is 288. The first-order chi connectivity index (χ1) is 7.10. The number of hydrogen-bond acceptors (Lipinski definition) is 3. The minimum atomic E-state index is -2.55. The molecule has 70 valence electrons. The van der Waals surface area contributed by atoms with Gasteiger partial charge in [0.1, 0.15) is 6.04 Å². The summed E-state index contributed by atoms with van der Waals surface area (Å²) in [5.41, 5.74) is 9.99. The summed E-state index contributed by atoms with van der Waals surface area (Å²) < 4.78 is 29.4. The fraction of sp³-hybridized carbons (Fsp3) is 0.667. The third kappa shape index (κ3) is 5.48. The van der Waals surface area contributed by atoms with E-state index < -0.39 is 37.3 Å². The summed E-state index contributed by atoms with van der Waals surface area (Å²) in [5, 5.41) is 17.3. The minimum absolute atomic E-state index is 0.639. The van der Waals surface area contributed by atoms with E-state index in [1.54, 1.807) is 0 Å². The second kappa shape index (κ2) is 5.36. The van der Waals surface area contributed by atoms with E-state index in [4.69, 9.17) is 27.5 Å². The lowest BCUT2D eigenvalue weighted by molar-refractivity contribution is -0.138. The molecule has 0 bridgehead atoms. The number of hydrogen-bond donors (Lipinski definition) is 5. The summed E-state index contributed by atoms with van der Waals surface area (Å²) in [7, 11) is 0. The molecule has 0 saturated carbocycles. The monoisotopic (exact) mass is 184 g/mol. The van der Waals surface area contributed by atoms with Crippen LogP contribution in [-0.2, 0) is 4.79 Å². The summed E-state index contributed by atoms with van der Waals surface area (Å²) >= 11 is 0. The number of nitrogens with two attached hydrogens (primary N) is 2. The van der Waals surface area contributed by atoms with Gasteiger partial charge in [-0.15, -0.1) is 0 Å². The standard InChI is InChI=1S/C6H14N4O2/c7-4(5(11)12)2-1-3-10-6(8)9/h4H,1-3,7H2,(H,11,12)(H4,8,9,10)/t4-/m0/s1/i1+0D2,2+1D,3+1D,4+1,5+1,6+0,7+1,8+0,9+0,10+1/t2-,3-,4+/m1. The van der Waals surface area contributed by atoms with Gasteiger partial charge in [-0.3, -0.25) is 10.2 Å². The predicted octanol–water partition coefficient (Wildman–Crippen LogP) is -1.34. The van der Waals surface area contributed by atoms with Crippen molar-refractivity contribution < 1.29 is 15.4 Å². The molecule has 12 heavy (non-hydrogen) atoms. The number of aliphatic carboxylic acids is 1. The minimum Gasteiger partial charge on any atom is -0.480 e. The van der Waals surface area contributed by atoms with E-state index in [1.807, 2.05) is 5.32 Å². The Morgan fingerprint density at radius 1 is 1.83 bits per heavy atom. The molecule has 6 nitrogen and oxygen atoms in total. The van der Waals surface area contributed by atoms with Gasteiger partial charge in [0.2, 0.25) is 0 Å². The molecule has 0 heterocycles. The van der Waals surface area contributed by atoms with E-state index in [-0.39, 0.29) is 0 Å². The van der Waals surface area contributed by atoms with Gasteiger partial charge in [-0.1, -0.05) is 0 Å². The van der Waals surface area contributed by atoms with Crippen LogP contribution in [-0.4, -0.2) is 29.6 Å². The predicted molar refractivity (Wildman–Crippen MR) is 44.8 cm³/mol. The van der Waals surface area contributed by atoms with E-state index in [1.165, 1.54) is 0 Å². The normalized spacial score (nSPS) is 23.4. The number of carboxylic acid groups (broad SMARTS) is 1. The first-order valence-corrected chi connectivity index (χ1v) is 3.04. The summed E-state index contributed by atoms with van der Waals surface area (Å²) in [6.45, 7) is -1.74. The number of nitrogens with one attached hydrogen (secondary N) is 2. The molecule has 7 N–H and O–H groups in total. The van der Waals surface area contributed by atoms with Crippen molar-refractivity contribution in [2.45, 2.75) is 18.8 Å². The third-order valence-corrected chi connectivity index (χ3v) is 0.872. The van der Waals surface area contributed by atoms with E-state index >= 15 is 0 Å². The van der Waals surface area contributed by atoms with Crippen LogP contribution < -0.4 is 16.8 Å². The average molecular weight is 184 g/mol. The van der Waals surface area contributed by atoms with Crippen LogP contribution in [0.4, 0.5) is 0 Å². The fourth-order valence-electron chi connectivity index (χ4n) is 0.342. The Morgan fingerprint density at radius 2 is 2.42 bits per heavy atom. The van der Waals surface area contributed by atoms with E-state index in [2.05, 4.69) is 0 Å². The maximum absolute atomic E-state index is 10.5. The van der Waals surface area contributed by atoms with E-state index in [9.17, 15) is 4.79 Å². The molecule has 6 heteroatoms. The van der Waals surface area contributed by atoms with Crippen LogP contribution in [0.3, 0.4) is 0 Å². The van der Waals surface area contributed by atoms with Gasteiger partial charge in [-0.05, 0) is 12.8 Å². The summed E-state index contributed by atoms with van der Waals surface area (Å²) in [6.07, 6.45) is -4.40. The zero-order chi connectivity index (χ0) is 13.1. The molecule has 0 aromatic heterocycles. The van der Waals surface area contributed by atoms with Crippen molar-refractivity contribution in [1.29, 1.82) is 5.41 Å². The topological polar surface area (TPSA) is 125 Å². The highest BCUT2D eigenvalue weighted by atomic mass is 16.5. The molecule has 0 amide bonds.